The van der Waals surface area contributed by atoms with Gasteiger partial charge >= 0.3 is 0 Å². The predicted octanol–water partition coefficient (Wildman–Crippen LogP) is 3.56. The van der Waals surface area contributed by atoms with Gasteiger partial charge in [-0.15, -0.1) is 0 Å². The molecule has 2 aromatic rings. The molecule has 0 unspecified atom stereocenters. The number of hydrogen-bond acceptors (Lipinski definition) is 2. The van der Waals surface area contributed by atoms with Crippen LogP contribution in [0.1, 0.15) is 12.0 Å². The van der Waals surface area contributed by atoms with Crippen molar-refractivity contribution in [2.24, 2.45) is 0 Å². The normalized spacial score (nSPS) is 10.4. The molecule has 0 radical (unpaired) electrons. The molecular weight excluding hydrogens is 230 g/mol. The van der Waals surface area contributed by atoms with E-state index in [0.717, 1.165) is 19.4 Å². The molecule has 0 spiro atoms. The van der Waals surface area contributed by atoms with E-state index in [0.29, 0.717) is 4.64 Å². The first-order chi connectivity index (χ1) is 8.27. The second-order valence-electron chi connectivity index (χ2n) is 3.98. The van der Waals surface area contributed by atoms with Crippen LogP contribution in [0.3, 0.4) is 0 Å². The Kier molecular flexibility index (Phi) is 3.94. The van der Waals surface area contributed by atoms with Crippen LogP contribution >= 0.6 is 12.2 Å². The molecule has 88 valence electrons. The molecule has 0 aliphatic rings. The topological polar surface area (TPSA) is 25.2 Å². The molecule has 1 aromatic heterocycles. The third kappa shape index (κ3) is 3.17. The summed E-state index contributed by atoms with van der Waals surface area (Å²) in [6.45, 7) is 0.835. The van der Waals surface area contributed by atoms with E-state index in [9.17, 15) is 5.11 Å². The van der Waals surface area contributed by atoms with Gasteiger partial charge < -0.3 is 9.67 Å². The second kappa shape index (κ2) is 5.64. The average Bonchev–Trinajstić information content (AvgIpc) is 2.36. The molecule has 1 aromatic carbocycles. The fourth-order valence-corrected chi connectivity index (χ4v) is 2.02. The van der Waals surface area contributed by atoms with E-state index in [4.69, 9.17) is 12.2 Å². The molecule has 0 aliphatic carbocycles. The summed E-state index contributed by atoms with van der Waals surface area (Å²) in [5.41, 5.74) is 1.33. The number of nitrogens with zero attached hydrogens (tertiary/aromatic N) is 1. The highest BCUT2D eigenvalue weighted by Crippen LogP contribution is 2.11. The minimum atomic E-state index is 0.183. The molecule has 0 amide bonds. The van der Waals surface area contributed by atoms with Crippen molar-refractivity contribution in [2.75, 3.05) is 0 Å². The van der Waals surface area contributed by atoms with Crippen molar-refractivity contribution in [2.45, 2.75) is 19.4 Å². The van der Waals surface area contributed by atoms with Crippen LogP contribution in [0.2, 0.25) is 0 Å². The lowest BCUT2D eigenvalue weighted by molar-refractivity contribution is 0.460. The van der Waals surface area contributed by atoms with Crippen LogP contribution in [0.5, 0.6) is 5.75 Å². The Labute approximate surface area is 106 Å². The molecule has 2 nitrogen and oxygen atoms in total. The first-order valence-corrected chi connectivity index (χ1v) is 6.10. The Balaban J connectivity index is 1.95. The molecular formula is C14H15NOS. The Morgan fingerprint density at radius 1 is 1.06 bits per heavy atom. The summed E-state index contributed by atoms with van der Waals surface area (Å²) in [5, 5.41) is 9.49. The molecule has 1 N–H and O–H groups in total. The zero-order chi connectivity index (χ0) is 12.1. The van der Waals surface area contributed by atoms with E-state index in [-0.39, 0.29) is 5.75 Å². The lowest BCUT2D eigenvalue weighted by Crippen LogP contribution is -2.01. The van der Waals surface area contributed by atoms with E-state index in [1.54, 1.807) is 6.07 Å². The monoisotopic (exact) mass is 245 g/mol. The van der Waals surface area contributed by atoms with Crippen molar-refractivity contribution in [1.29, 1.82) is 0 Å². The van der Waals surface area contributed by atoms with E-state index >= 15 is 0 Å². The molecule has 0 saturated heterocycles. The van der Waals surface area contributed by atoms with Crippen LogP contribution in [-0.2, 0) is 13.0 Å². The summed E-state index contributed by atoms with van der Waals surface area (Å²) in [4.78, 5) is 0. The minimum Gasteiger partial charge on any atom is -0.505 e. The summed E-state index contributed by atoms with van der Waals surface area (Å²) in [7, 11) is 0. The minimum absolute atomic E-state index is 0.183. The van der Waals surface area contributed by atoms with Crippen molar-refractivity contribution < 1.29 is 5.11 Å². The summed E-state index contributed by atoms with van der Waals surface area (Å²) < 4.78 is 2.42. The smallest absolute Gasteiger partial charge is 0.150 e. The van der Waals surface area contributed by atoms with E-state index < -0.39 is 0 Å². The molecule has 0 fully saturated rings. The number of rotatable bonds is 4. The number of benzene rings is 1. The average molecular weight is 245 g/mol. The molecule has 0 bridgehead atoms. The quantitative estimate of drug-likeness (QED) is 0.833. The SMILES string of the molecule is Oc1cccn(CCCc2ccccc2)c1=S. The molecule has 2 rings (SSSR count). The maximum atomic E-state index is 9.49. The van der Waals surface area contributed by atoms with Crippen LogP contribution in [-0.4, -0.2) is 9.67 Å². The van der Waals surface area contributed by atoms with Crippen LogP contribution in [0.4, 0.5) is 0 Å². The van der Waals surface area contributed by atoms with Gasteiger partial charge in [-0.25, -0.2) is 0 Å². The molecule has 0 atom stereocenters. The maximum Gasteiger partial charge on any atom is 0.150 e. The molecule has 0 saturated carbocycles. The molecule has 3 heteroatoms. The van der Waals surface area contributed by atoms with Crippen LogP contribution in [0.25, 0.3) is 0 Å². The van der Waals surface area contributed by atoms with E-state index in [1.807, 2.05) is 22.9 Å². The molecule has 0 aliphatic heterocycles. The Morgan fingerprint density at radius 3 is 2.59 bits per heavy atom. The van der Waals surface area contributed by atoms with E-state index in [1.165, 1.54) is 5.56 Å². The highest BCUT2D eigenvalue weighted by atomic mass is 32.1. The van der Waals surface area contributed by atoms with Crippen molar-refractivity contribution >= 4 is 12.2 Å². The Bertz CT molecular complexity index is 533. The Morgan fingerprint density at radius 2 is 1.82 bits per heavy atom. The van der Waals surface area contributed by atoms with E-state index in [2.05, 4.69) is 24.3 Å². The molecule has 1 heterocycles. The third-order valence-corrected chi connectivity index (χ3v) is 3.15. The zero-order valence-electron chi connectivity index (χ0n) is 9.54. The van der Waals surface area contributed by atoms with Gasteiger partial charge in [0, 0.05) is 12.7 Å². The highest BCUT2D eigenvalue weighted by molar-refractivity contribution is 7.71. The van der Waals surface area contributed by atoms with Gasteiger partial charge in [-0.05, 0) is 30.5 Å². The van der Waals surface area contributed by atoms with Gasteiger partial charge in [-0.3, -0.25) is 0 Å². The third-order valence-electron chi connectivity index (χ3n) is 2.71. The number of aromatic hydroxyl groups is 1. The van der Waals surface area contributed by atoms with Gasteiger partial charge in [0.1, 0.15) is 10.4 Å². The zero-order valence-corrected chi connectivity index (χ0v) is 10.4. The first-order valence-electron chi connectivity index (χ1n) is 5.70. The standard InChI is InChI=1S/C14H15NOS/c16-13-9-5-11-15(14(13)17)10-4-8-12-6-2-1-3-7-12/h1-3,5-7,9,11,16H,4,8,10H2. The number of pyridine rings is 1. The van der Waals surface area contributed by atoms with Gasteiger partial charge in [-0.1, -0.05) is 42.5 Å². The van der Waals surface area contributed by atoms with Gasteiger partial charge in [0.25, 0.3) is 0 Å². The summed E-state index contributed by atoms with van der Waals surface area (Å²) >= 11 is 5.14. The van der Waals surface area contributed by atoms with Crippen LogP contribution in [0.15, 0.2) is 48.7 Å². The first kappa shape index (κ1) is 11.9. The van der Waals surface area contributed by atoms with Gasteiger partial charge in [0.2, 0.25) is 0 Å². The largest absolute Gasteiger partial charge is 0.505 e. The molecule has 17 heavy (non-hydrogen) atoms. The number of aryl methyl sites for hydroxylation is 2. The summed E-state index contributed by atoms with van der Waals surface area (Å²) in [6, 6.07) is 13.8. The lowest BCUT2D eigenvalue weighted by atomic mass is 10.1. The fourth-order valence-electron chi connectivity index (χ4n) is 1.80. The van der Waals surface area contributed by atoms with Crippen molar-refractivity contribution in [3.05, 3.63) is 58.9 Å². The number of hydrogen-bond donors (Lipinski definition) is 1. The fraction of sp³-hybridized carbons (Fsp3) is 0.214. The summed E-state index contributed by atoms with van der Waals surface area (Å²) in [6.07, 6.45) is 3.95. The van der Waals surface area contributed by atoms with Gasteiger partial charge in [-0.2, -0.15) is 0 Å². The Hall–Kier alpha value is -1.61. The second-order valence-corrected chi connectivity index (χ2v) is 4.37. The highest BCUT2D eigenvalue weighted by Gasteiger charge is 1.97. The predicted molar refractivity (Wildman–Crippen MR) is 71.7 cm³/mol. The van der Waals surface area contributed by atoms with Crippen molar-refractivity contribution in [1.82, 2.24) is 4.57 Å². The lowest BCUT2D eigenvalue weighted by Gasteiger charge is -2.07. The number of aromatic nitrogens is 1. The van der Waals surface area contributed by atoms with Crippen molar-refractivity contribution in [3.63, 3.8) is 0 Å². The van der Waals surface area contributed by atoms with Crippen LogP contribution in [0, 0.1) is 4.64 Å². The van der Waals surface area contributed by atoms with Gasteiger partial charge in [0.15, 0.2) is 0 Å². The van der Waals surface area contributed by atoms with Gasteiger partial charge in [0.05, 0.1) is 0 Å². The summed E-state index contributed by atoms with van der Waals surface area (Å²) in [5.74, 6) is 0.183. The van der Waals surface area contributed by atoms with Crippen molar-refractivity contribution in [3.8, 4) is 5.75 Å². The van der Waals surface area contributed by atoms with Crippen LogP contribution < -0.4 is 0 Å². The maximum absolute atomic E-state index is 9.49.